The summed E-state index contributed by atoms with van der Waals surface area (Å²) in [4.78, 5) is 28.6. The smallest absolute Gasteiger partial charge is 0.300 e. The van der Waals surface area contributed by atoms with Crippen molar-refractivity contribution in [2.45, 2.75) is 13.0 Å². The van der Waals surface area contributed by atoms with E-state index in [4.69, 9.17) is 21.1 Å². The molecule has 0 saturated carbocycles. The van der Waals surface area contributed by atoms with Crippen LogP contribution in [0.3, 0.4) is 0 Å². The average Bonchev–Trinajstić information content (AvgIpc) is 3.42. The normalized spacial score (nSPS) is 19.4. The van der Waals surface area contributed by atoms with Crippen LogP contribution in [0, 0.1) is 6.92 Å². The van der Waals surface area contributed by atoms with E-state index < -0.39 is 17.7 Å². The summed E-state index contributed by atoms with van der Waals surface area (Å²) in [6.45, 7) is 2.63. The van der Waals surface area contributed by atoms with Crippen LogP contribution >= 0.6 is 22.9 Å². The Morgan fingerprint density at radius 1 is 1.09 bits per heavy atom. The van der Waals surface area contributed by atoms with Gasteiger partial charge in [0.2, 0.25) is 0 Å². The Bertz CT molecular complexity index is 1270. The summed E-state index contributed by atoms with van der Waals surface area (Å²) in [5, 5.41) is 13.6. The molecule has 0 bridgehead atoms. The molecule has 2 aliphatic heterocycles. The van der Waals surface area contributed by atoms with Gasteiger partial charge in [-0.15, -0.1) is 11.3 Å². The summed E-state index contributed by atoms with van der Waals surface area (Å²) in [6.07, 6.45) is 0. The molecule has 1 saturated heterocycles. The second-order valence-corrected chi connectivity index (χ2v) is 8.81. The van der Waals surface area contributed by atoms with Crippen LogP contribution in [0.15, 0.2) is 59.5 Å². The zero-order valence-corrected chi connectivity index (χ0v) is 18.6. The van der Waals surface area contributed by atoms with Gasteiger partial charge in [0, 0.05) is 21.2 Å². The molecule has 0 aliphatic carbocycles. The van der Waals surface area contributed by atoms with Gasteiger partial charge in [-0.3, -0.25) is 14.5 Å². The van der Waals surface area contributed by atoms with Crippen molar-refractivity contribution in [3.05, 3.63) is 80.5 Å². The van der Waals surface area contributed by atoms with Crippen LogP contribution in [0.2, 0.25) is 5.02 Å². The molecular formula is C24H18ClNO5S. The largest absolute Gasteiger partial charge is 0.507 e. The van der Waals surface area contributed by atoms with Crippen molar-refractivity contribution < 1.29 is 24.2 Å². The highest BCUT2D eigenvalue weighted by Crippen LogP contribution is 2.45. The second kappa shape index (κ2) is 8.00. The summed E-state index contributed by atoms with van der Waals surface area (Å²) in [5.74, 6) is -0.686. The first-order chi connectivity index (χ1) is 15.5. The van der Waals surface area contributed by atoms with E-state index in [0.717, 1.165) is 4.88 Å². The van der Waals surface area contributed by atoms with E-state index in [0.29, 0.717) is 46.5 Å². The van der Waals surface area contributed by atoms with Crippen LogP contribution in [-0.2, 0) is 9.59 Å². The van der Waals surface area contributed by atoms with Crippen molar-refractivity contribution in [3.8, 4) is 11.5 Å². The molecule has 5 rings (SSSR count). The minimum atomic E-state index is -0.777. The fourth-order valence-electron chi connectivity index (χ4n) is 4.00. The molecule has 1 N–H and O–H groups in total. The van der Waals surface area contributed by atoms with Crippen LogP contribution in [0.25, 0.3) is 5.76 Å². The molecule has 1 aromatic heterocycles. The molecule has 1 amide bonds. The number of Topliss-reactive ketones (excluding diaryl/α,β-unsaturated/α-hetero) is 1. The maximum atomic E-state index is 13.2. The number of anilines is 1. The Morgan fingerprint density at radius 3 is 2.62 bits per heavy atom. The number of ketones is 1. The standard InChI is InChI=1S/C24H18ClNO5S/c1-13-15(25)4-2-5-16(13)26-21(19-6-3-11-32-19)20(23(28)24(26)29)22(27)14-7-8-17-18(12-14)31-10-9-30-17/h2-8,11-12,21,27H,9-10H2,1H3/b22-20-. The van der Waals surface area contributed by atoms with Gasteiger partial charge in [-0.1, -0.05) is 23.7 Å². The molecule has 6 nitrogen and oxygen atoms in total. The lowest BCUT2D eigenvalue weighted by Crippen LogP contribution is -2.29. The maximum absolute atomic E-state index is 13.2. The van der Waals surface area contributed by atoms with Gasteiger partial charge in [-0.25, -0.2) is 0 Å². The minimum Gasteiger partial charge on any atom is -0.507 e. The van der Waals surface area contributed by atoms with E-state index in [1.165, 1.54) is 16.2 Å². The van der Waals surface area contributed by atoms with Gasteiger partial charge in [0.25, 0.3) is 11.7 Å². The summed E-state index contributed by atoms with van der Waals surface area (Å²) in [7, 11) is 0. The van der Waals surface area contributed by atoms with Crippen molar-refractivity contribution in [2.75, 3.05) is 18.1 Å². The van der Waals surface area contributed by atoms with E-state index >= 15 is 0 Å². The number of hydrogen-bond acceptors (Lipinski definition) is 6. The highest BCUT2D eigenvalue weighted by molar-refractivity contribution is 7.10. The predicted molar refractivity (Wildman–Crippen MR) is 123 cm³/mol. The number of fused-ring (bicyclic) bond motifs is 1. The van der Waals surface area contributed by atoms with Crippen molar-refractivity contribution >= 4 is 46.1 Å². The SMILES string of the molecule is Cc1c(Cl)cccc1N1C(=O)C(=O)/C(=C(\O)c2ccc3c(c2)OCCO3)C1c1cccs1. The molecule has 162 valence electrons. The van der Waals surface area contributed by atoms with Gasteiger partial charge in [-0.2, -0.15) is 0 Å². The lowest BCUT2D eigenvalue weighted by atomic mass is 9.99. The maximum Gasteiger partial charge on any atom is 0.300 e. The number of carbonyl (C=O) groups excluding carboxylic acids is 2. The highest BCUT2D eigenvalue weighted by atomic mass is 35.5. The van der Waals surface area contributed by atoms with Crippen molar-refractivity contribution in [3.63, 3.8) is 0 Å². The summed E-state index contributed by atoms with van der Waals surface area (Å²) >= 11 is 7.71. The van der Waals surface area contributed by atoms with Crippen LogP contribution in [0.5, 0.6) is 11.5 Å². The molecule has 8 heteroatoms. The van der Waals surface area contributed by atoms with Gasteiger partial charge in [0.05, 0.1) is 5.57 Å². The number of amides is 1. The molecule has 2 aromatic carbocycles. The van der Waals surface area contributed by atoms with Gasteiger partial charge in [-0.05, 0) is 54.3 Å². The first-order valence-corrected chi connectivity index (χ1v) is 11.2. The van der Waals surface area contributed by atoms with Crippen LogP contribution in [0.1, 0.15) is 22.0 Å². The van der Waals surface area contributed by atoms with E-state index in [1.54, 1.807) is 43.3 Å². The Labute approximate surface area is 193 Å². The number of halogens is 1. The highest BCUT2D eigenvalue weighted by Gasteiger charge is 2.48. The van der Waals surface area contributed by atoms with Crippen LogP contribution < -0.4 is 14.4 Å². The fourth-order valence-corrected chi connectivity index (χ4v) is 4.99. The summed E-state index contributed by atoms with van der Waals surface area (Å²) in [5.41, 5.74) is 1.60. The van der Waals surface area contributed by atoms with E-state index in [9.17, 15) is 14.7 Å². The quantitative estimate of drug-likeness (QED) is 0.329. The third kappa shape index (κ3) is 3.25. The molecule has 1 fully saturated rings. The number of aliphatic hydroxyl groups is 1. The number of aliphatic hydroxyl groups excluding tert-OH is 1. The molecule has 0 spiro atoms. The van der Waals surface area contributed by atoms with Crippen molar-refractivity contribution in [1.29, 1.82) is 0 Å². The van der Waals surface area contributed by atoms with Crippen LogP contribution in [0.4, 0.5) is 5.69 Å². The second-order valence-electron chi connectivity index (χ2n) is 7.43. The minimum absolute atomic E-state index is 0.0218. The van der Waals surface area contributed by atoms with Gasteiger partial charge < -0.3 is 14.6 Å². The molecule has 3 aromatic rings. The molecule has 2 aliphatic rings. The average molecular weight is 468 g/mol. The molecule has 0 radical (unpaired) electrons. The number of thiophene rings is 1. The number of ether oxygens (including phenoxy) is 2. The molecular weight excluding hydrogens is 450 g/mol. The summed E-state index contributed by atoms with van der Waals surface area (Å²) < 4.78 is 11.1. The van der Waals surface area contributed by atoms with Crippen LogP contribution in [-0.4, -0.2) is 30.0 Å². The first-order valence-electron chi connectivity index (χ1n) is 9.97. The number of benzene rings is 2. The van der Waals surface area contributed by atoms with E-state index in [-0.39, 0.29) is 11.3 Å². The predicted octanol–water partition coefficient (Wildman–Crippen LogP) is 5.11. The third-order valence-corrected chi connectivity index (χ3v) is 6.91. The number of rotatable bonds is 3. The molecule has 1 atom stereocenters. The summed E-state index contributed by atoms with van der Waals surface area (Å²) in [6, 6.07) is 13.1. The van der Waals surface area contributed by atoms with Gasteiger partial charge in [0.15, 0.2) is 11.5 Å². The monoisotopic (exact) mass is 467 g/mol. The number of carbonyl (C=O) groups is 2. The van der Waals surface area contributed by atoms with Gasteiger partial charge in [0.1, 0.15) is 25.0 Å². The van der Waals surface area contributed by atoms with E-state index in [1.807, 2.05) is 17.5 Å². The Morgan fingerprint density at radius 2 is 1.88 bits per heavy atom. The van der Waals surface area contributed by atoms with Crippen molar-refractivity contribution in [2.24, 2.45) is 0 Å². The first kappa shape index (κ1) is 20.6. The molecule has 32 heavy (non-hydrogen) atoms. The van der Waals surface area contributed by atoms with Gasteiger partial charge >= 0.3 is 0 Å². The third-order valence-electron chi connectivity index (χ3n) is 5.57. The zero-order chi connectivity index (χ0) is 22.4. The zero-order valence-electron chi connectivity index (χ0n) is 17.0. The molecule has 3 heterocycles. The molecule has 1 unspecified atom stereocenters. The Hall–Kier alpha value is -3.29. The Kier molecular flexibility index (Phi) is 5.15. The van der Waals surface area contributed by atoms with Crippen molar-refractivity contribution in [1.82, 2.24) is 0 Å². The lowest BCUT2D eigenvalue weighted by Gasteiger charge is -2.26. The van der Waals surface area contributed by atoms with E-state index in [2.05, 4.69) is 0 Å². The number of hydrogen-bond donors (Lipinski definition) is 1. The Balaban J connectivity index is 1.70. The topological polar surface area (TPSA) is 76.1 Å². The lowest BCUT2D eigenvalue weighted by molar-refractivity contribution is -0.132. The fraction of sp³-hybridized carbons (Fsp3) is 0.167. The number of nitrogens with zero attached hydrogens (tertiary/aromatic N) is 1.